The summed E-state index contributed by atoms with van der Waals surface area (Å²) in [6.45, 7) is 0.404. The Balaban J connectivity index is 0.00000324. The van der Waals surface area contributed by atoms with Gasteiger partial charge in [-0.05, 0) is 30.7 Å². The van der Waals surface area contributed by atoms with Crippen LogP contribution in [0.3, 0.4) is 0 Å². The standard InChI is InChI=1S/C12H15F3N2O.ClH/c13-12(14,15)8-9-3-1-4-10(7-9)17-11(18)5-2-6-16;/h1,3-4,7H,2,5-6,8,16H2,(H,17,18);1H. The molecule has 7 heteroatoms. The summed E-state index contributed by atoms with van der Waals surface area (Å²) in [5, 5.41) is 2.54. The van der Waals surface area contributed by atoms with Gasteiger partial charge in [0, 0.05) is 12.1 Å². The fourth-order valence-corrected chi connectivity index (χ4v) is 1.48. The zero-order valence-electron chi connectivity index (χ0n) is 10.2. The quantitative estimate of drug-likeness (QED) is 0.878. The first-order valence-electron chi connectivity index (χ1n) is 5.56. The van der Waals surface area contributed by atoms with E-state index >= 15 is 0 Å². The number of nitrogens with two attached hydrogens (primary N) is 1. The van der Waals surface area contributed by atoms with Crippen molar-refractivity contribution in [2.24, 2.45) is 5.73 Å². The lowest BCUT2D eigenvalue weighted by Crippen LogP contribution is -2.14. The van der Waals surface area contributed by atoms with Gasteiger partial charge in [0.1, 0.15) is 0 Å². The number of hydrogen-bond donors (Lipinski definition) is 2. The van der Waals surface area contributed by atoms with Crippen LogP contribution in [0.25, 0.3) is 0 Å². The zero-order chi connectivity index (χ0) is 13.6. The van der Waals surface area contributed by atoms with E-state index in [9.17, 15) is 18.0 Å². The third-order valence-corrected chi connectivity index (χ3v) is 2.22. The van der Waals surface area contributed by atoms with Crippen molar-refractivity contribution in [2.75, 3.05) is 11.9 Å². The summed E-state index contributed by atoms with van der Waals surface area (Å²) < 4.78 is 36.6. The van der Waals surface area contributed by atoms with Crippen molar-refractivity contribution in [3.8, 4) is 0 Å². The minimum atomic E-state index is -4.25. The molecule has 1 aromatic carbocycles. The van der Waals surface area contributed by atoms with E-state index < -0.39 is 12.6 Å². The molecule has 3 nitrogen and oxygen atoms in total. The molecule has 0 aliphatic carbocycles. The van der Waals surface area contributed by atoms with Crippen LogP contribution in [0.5, 0.6) is 0 Å². The van der Waals surface area contributed by atoms with E-state index in [2.05, 4.69) is 5.32 Å². The first-order valence-corrected chi connectivity index (χ1v) is 5.56. The summed E-state index contributed by atoms with van der Waals surface area (Å²) in [5.41, 5.74) is 5.76. The second-order valence-corrected chi connectivity index (χ2v) is 3.93. The smallest absolute Gasteiger partial charge is 0.330 e. The maximum absolute atomic E-state index is 12.2. The fraction of sp³-hybridized carbons (Fsp3) is 0.417. The highest BCUT2D eigenvalue weighted by atomic mass is 35.5. The molecule has 0 saturated carbocycles. The molecular weight excluding hydrogens is 281 g/mol. The first-order chi connectivity index (χ1) is 8.40. The molecule has 0 aliphatic rings. The SMILES string of the molecule is Cl.NCCCC(=O)Nc1cccc(CC(F)(F)F)c1. The molecule has 19 heavy (non-hydrogen) atoms. The lowest BCUT2D eigenvalue weighted by molar-refractivity contribution is -0.127. The number of alkyl halides is 3. The van der Waals surface area contributed by atoms with Crippen LogP contribution in [0.4, 0.5) is 18.9 Å². The van der Waals surface area contributed by atoms with Crippen LogP contribution >= 0.6 is 12.4 Å². The lowest BCUT2D eigenvalue weighted by atomic mass is 10.1. The zero-order valence-corrected chi connectivity index (χ0v) is 11.0. The molecule has 108 valence electrons. The maximum atomic E-state index is 12.2. The Hall–Kier alpha value is -1.27. The van der Waals surface area contributed by atoms with Gasteiger partial charge in [-0.15, -0.1) is 12.4 Å². The summed E-state index contributed by atoms with van der Waals surface area (Å²) in [6.07, 6.45) is -4.43. The van der Waals surface area contributed by atoms with Crippen LogP contribution in [0.2, 0.25) is 0 Å². The molecule has 0 atom stereocenters. The Kier molecular flexibility index (Phi) is 7.48. The summed E-state index contributed by atoms with van der Waals surface area (Å²) in [5.74, 6) is -0.246. The van der Waals surface area contributed by atoms with Gasteiger partial charge in [-0.1, -0.05) is 12.1 Å². The molecule has 1 rings (SSSR count). The fourth-order valence-electron chi connectivity index (χ4n) is 1.48. The van der Waals surface area contributed by atoms with E-state index in [1.807, 2.05) is 0 Å². The molecule has 0 radical (unpaired) electrons. The summed E-state index contributed by atoms with van der Waals surface area (Å²) >= 11 is 0. The molecule has 0 saturated heterocycles. The maximum Gasteiger partial charge on any atom is 0.393 e. The largest absolute Gasteiger partial charge is 0.393 e. The van der Waals surface area contributed by atoms with E-state index in [0.29, 0.717) is 18.7 Å². The van der Waals surface area contributed by atoms with Crippen molar-refractivity contribution in [1.29, 1.82) is 0 Å². The second kappa shape index (κ2) is 8.01. The predicted molar refractivity (Wildman–Crippen MR) is 70.4 cm³/mol. The molecule has 0 spiro atoms. The Morgan fingerprint density at radius 2 is 2.00 bits per heavy atom. The number of rotatable bonds is 5. The normalized spacial score (nSPS) is 10.7. The first kappa shape index (κ1) is 17.7. The molecule has 1 aromatic rings. The average Bonchev–Trinajstić information content (AvgIpc) is 2.24. The highest BCUT2D eigenvalue weighted by molar-refractivity contribution is 5.90. The number of anilines is 1. The minimum Gasteiger partial charge on any atom is -0.330 e. The van der Waals surface area contributed by atoms with Crippen LogP contribution in [0, 0.1) is 0 Å². The number of benzene rings is 1. The Morgan fingerprint density at radius 1 is 1.32 bits per heavy atom. The molecular formula is C12H16ClF3N2O. The molecule has 1 amide bonds. The van der Waals surface area contributed by atoms with E-state index in [1.165, 1.54) is 18.2 Å². The molecule has 0 aliphatic heterocycles. The van der Waals surface area contributed by atoms with Gasteiger partial charge in [0.2, 0.25) is 5.91 Å². The monoisotopic (exact) mass is 296 g/mol. The van der Waals surface area contributed by atoms with E-state index in [1.54, 1.807) is 6.07 Å². The molecule has 0 fully saturated rings. The van der Waals surface area contributed by atoms with Crippen LogP contribution in [-0.4, -0.2) is 18.6 Å². The predicted octanol–water partition coefficient (Wildman–Crippen LogP) is 2.89. The number of nitrogens with one attached hydrogen (secondary N) is 1. The molecule has 3 N–H and O–H groups in total. The highest BCUT2D eigenvalue weighted by Gasteiger charge is 2.27. The number of amides is 1. The van der Waals surface area contributed by atoms with Crippen molar-refractivity contribution in [1.82, 2.24) is 0 Å². The Bertz CT molecular complexity index is 410. The third kappa shape index (κ3) is 7.69. The van der Waals surface area contributed by atoms with E-state index in [-0.39, 0.29) is 30.3 Å². The number of carbonyl (C=O) groups excluding carboxylic acids is 1. The van der Waals surface area contributed by atoms with E-state index in [4.69, 9.17) is 5.73 Å². The topological polar surface area (TPSA) is 55.1 Å². The van der Waals surface area contributed by atoms with Crippen molar-refractivity contribution in [2.45, 2.75) is 25.4 Å². The van der Waals surface area contributed by atoms with Gasteiger partial charge < -0.3 is 11.1 Å². The Labute approximate surface area is 115 Å². The number of carbonyl (C=O) groups is 1. The molecule has 0 aromatic heterocycles. The van der Waals surface area contributed by atoms with Crippen LogP contribution in [-0.2, 0) is 11.2 Å². The van der Waals surface area contributed by atoms with Gasteiger partial charge >= 0.3 is 6.18 Å². The van der Waals surface area contributed by atoms with E-state index in [0.717, 1.165) is 0 Å². The summed E-state index contributed by atoms with van der Waals surface area (Å²) in [7, 11) is 0. The van der Waals surface area contributed by atoms with Gasteiger partial charge in [-0.25, -0.2) is 0 Å². The number of halogens is 4. The highest BCUT2D eigenvalue weighted by Crippen LogP contribution is 2.22. The molecule has 0 heterocycles. The van der Waals surface area contributed by atoms with Gasteiger partial charge in [-0.3, -0.25) is 4.79 Å². The van der Waals surface area contributed by atoms with Gasteiger partial charge in [0.25, 0.3) is 0 Å². The van der Waals surface area contributed by atoms with Crippen LogP contribution < -0.4 is 11.1 Å². The van der Waals surface area contributed by atoms with Gasteiger partial charge in [0.05, 0.1) is 6.42 Å². The van der Waals surface area contributed by atoms with Gasteiger partial charge in [-0.2, -0.15) is 13.2 Å². The molecule has 0 bridgehead atoms. The Morgan fingerprint density at radius 3 is 2.58 bits per heavy atom. The molecule has 0 unspecified atom stereocenters. The third-order valence-electron chi connectivity index (χ3n) is 2.22. The van der Waals surface area contributed by atoms with Gasteiger partial charge in [0.15, 0.2) is 0 Å². The van der Waals surface area contributed by atoms with Crippen molar-refractivity contribution < 1.29 is 18.0 Å². The summed E-state index contributed by atoms with van der Waals surface area (Å²) in [6, 6.07) is 5.75. The lowest BCUT2D eigenvalue weighted by Gasteiger charge is -2.09. The van der Waals surface area contributed by atoms with Crippen molar-refractivity contribution >= 4 is 24.0 Å². The van der Waals surface area contributed by atoms with Crippen molar-refractivity contribution in [3.05, 3.63) is 29.8 Å². The van der Waals surface area contributed by atoms with Crippen LogP contribution in [0.1, 0.15) is 18.4 Å². The minimum absolute atomic E-state index is 0. The summed E-state index contributed by atoms with van der Waals surface area (Å²) in [4.78, 5) is 11.4. The van der Waals surface area contributed by atoms with Crippen molar-refractivity contribution in [3.63, 3.8) is 0 Å². The number of hydrogen-bond acceptors (Lipinski definition) is 2. The second-order valence-electron chi connectivity index (χ2n) is 3.93. The average molecular weight is 297 g/mol. The van der Waals surface area contributed by atoms with Crippen LogP contribution in [0.15, 0.2) is 24.3 Å².